The zero-order valence-corrected chi connectivity index (χ0v) is 27.7. The van der Waals surface area contributed by atoms with E-state index in [9.17, 15) is 29.3 Å². The fourth-order valence-electron chi connectivity index (χ4n) is 3.16. The van der Waals surface area contributed by atoms with Crippen molar-refractivity contribution in [3.63, 3.8) is 0 Å². The van der Waals surface area contributed by atoms with Gasteiger partial charge in [-0.3, -0.25) is 18.6 Å². The molecule has 0 saturated carbocycles. The highest BCUT2D eigenvalue weighted by Gasteiger charge is 2.26. The van der Waals surface area contributed by atoms with Crippen LogP contribution in [0, 0.1) is 0 Å². The van der Waals surface area contributed by atoms with Crippen molar-refractivity contribution in [1.29, 1.82) is 0 Å². The maximum absolute atomic E-state index is 12.1. The number of quaternary nitrogens is 1. The largest absolute Gasteiger partial charge is 0.472 e. The molecule has 4 atom stereocenters. The molecule has 0 amide bonds. The van der Waals surface area contributed by atoms with Crippen molar-refractivity contribution in [3.05, 3.63) is 72.9 Å². The third-order valence-electron chi connectivity index (χ3n) is 5.48. The lowest BCUT2D eigenvalue weighted by atomic mass is 10.2. The molecule has 0 saturated heterocycles. The zero-order valence-electron chi connectivity index (χ0n) is 26.8. The lowest BCUT2D eigenvalue weighted by Gasteiger charge is -2.24. The molecule has 44 heavy (non-hydrogen) atoms. The van der Waals surface area contributed by atoms with Crippen LogP contribution in [0.5, 0.6) is 0 Å². The van der Waals surface area contributed by atoms with Gasteiger partial charge in [0.2, 0.25) is 0 Å². The van der Waals surface area contributed by atoms with Gasteiger partial charge in [-0.05, 0) is 32.1 Å². The van der Waals surface area contributed by atoms with Crippen molar-refractivity contribution in [1.82, 2.24) is 0 Å². The molecule has 0 fully saturated rings. The van der Waals surface area contributed by atoms with E-state index in [1.807, 2.05) is 63.7 Å². The summed E-state index contributed by atoms with van der Waals surface area (Å²) in [6.07, 6.45) is 23.0. The van der Waals surface area contributed by atoms with Crippen molar-refractivity contribution in [3.8, 4) is 0 Å². The molecule has 0 aliphatic carbocycles. The molecule has 1 unspecified atom stereocenters. The molecule has 0 aliphatic heterocycles. The smallest absolute Gasteiger partial charge is 0.462 e. The molecule has 0 aromatic rings. The lowest BCUT2D eigenvalue weighted by molar-refractivity contribution is -0.870. The number of unbranched alkanes of at least 4 members (excludes halogenated alkanes) is 1. The lowest BCUT2D eigenvalue weighted by Crippen LogP contribution is -2.37. The maximum Gasteiger partial charge on any atom is 0.472 e. The monoisotopic (exact) mass is 642 g/mol. The summed E-state index contributed by atoms with van der Waals surface area (Å²) < 4.78 is 32.6. The Bertz CT molecular complexity index is 1030. The van der Waals surface area contributed by atoms with E-state index in [4.69, 9.17) is 18.5 Å². The van der Waals surface area contributed by atoms with E-state index >= 15 is 0 Å². The summed E-state index contributed by atoms with van der Waals surface area (Å²) in [6.45, 7) is 2.86. The minimum atomic E-state index is -4.37. The van der Waals surface area contributed by atoms with Gasteiger partial charge in [-0.2, -0.15) is 0 Å². The van der Waals surface area contributed by atoms with E-state index < -0.39 is 44.7 Å². The first-order chi connectivity index (χ1) is 20.7. The second-order valence-corrected chi connectivity index (χ2v) is 12.3. The van der Waals surface area contributed by atoms with Crippen LogP contribution < -0.4 is 0 Å². The third-order valence-corrected chi connectivity index (χ3v) is 6.46. The molecule has 0 radical (unpaired) electrons. The van der Waals surface area contributed by atoms with E-state index in [1.54, 1.807) is 30.4 Å². The van der Waals surface area contributed by atoms with Crippen molar-refractivity contribution < 1.29 is 52.3 Å². The zero-order chi connectivity index (χ0) is 33.3. The summed E-state index contributed by atoms with van der Waals surface area (Å²) >= 11 is 0. The standard InChI is InChI=1S/C32H52NO10P/c1-6-7-14-19-29(35)20-15-11-9-8-10-12-16-21-30(36)22-17-13-18-23-32(37)40-26-31(43-28(2)34)27-42-44(38,39)41-25-24-33(3,4)5/h7,9-12,14-17,20-22,29-31,35-36H,6,8,13,18-19,23-27H2,1-5H3/p+1/b11-9-,12-10-,14-7-,20-15+,21-16+,22-17-/t29-,30-,31-/m1/s1. The summed E-state index contributed by atoms with van der Waals surface area (Å²) in [5, 5.41) is 19.8. The molecule has 0 aromatic carbocycles. The van der Waals surface area contributed by atoms with Gasteiger partial charge >= 0.3 is 19.8 Å². The minimum absolute atomic E-state index is 0.00897. The fraction of sp³-hybridized carbons (Fsp3) is 0.562. The second kappa shape index (κ2) is 24.7. The molecule has 3 N–H and O–H groups in total. The Morgan fingerprint density at radius 2 is 1.57 bits per heavy atom. The number of carbonyl (C=O) groups excluding carboxylic acids is 2. The predicted molar refractivity (Wildman–Crippen MR) is 171 cm³/mol. The van der Waals surface area contributed by atoms with Gasteiger partial charge in [0.05, 0.1) is 40.0 Å². The maximum atomic E-state index is 12.1. The van der Waals surface area contributed by atoms with Gasteiger partial charge < -0.3 is 29.1 Å². The number of rotatable bonds is 24. The van der Waals surface area contributed by atoms with Crippen molar-refractivity contribution >= 4 is 19.8 Å². The van der Waals surface area contributed by atoms with Crippen LogP contribution in [0.3, 0.4) is 0 Å². The van der Waals surface area contributed by atoms with E-state index in [0.29, 0.717) is 36.7 Å². The number of aliphatic hydroxyl groups excluding tert-OH is 2. The SMILES string of the molecule is CC/C=C\C[C@@H](O)/C=C/C=C\C/C=C\C=C\[C@@H](O)/C=C\CCCC(=O)OC[C@H](COP(=O)(O)OCC[N+](C)(C)C)OC(C)=O. The van der Waals surface area contributed by atoms with Gasteiger partial charge in [0, 0.05) is 13.3 Å². The highest BCUT2D eigenvalue weighted by atomic mass is 31.2. The van der Waals surface area contributed by atoms with Crippen LogP contribution in [-0.2, 0) is 32.7 Å². The quantitative estimate of drug-likeness (QED) is 0.0337. The number of nitrogens with zero attached hydrogens (tertiary/aromatic N) is 1. The minimum Gasteiger partial charge on any atom is -0.462 e. The van der Waals surface area contributed by atoms with Crippen molar-refractivity contribution in [2.75, 3.05) is 47.5 Å². The van der Waals surface area contributed by atoms with Crippen LogP contribution in [0.2, 0.25) is 0 Å². The first-order valence-electron chi connectivity index (χ1n) is 14.8. The first kappa shape index (κ1) is 41.4. The molecule has 0 bridgehead atoms. The van der Waals surface area contributed by atoms with Crippen LogP contribution >= 0.6 is 7.82 Å². The Hall–Kier alpha value is -2.63. The third kappa shape index (κ3) is 28.2. The summed E-state index contributed by atoms with van der Waals surface area (Å²) in [5.41, 5.74) is 0. The normalized spacial score (nSPS) is 16.5. The molecule has 12 heteroatoms. The molecule has 0 spiro atoms. The summed E-state index contributed by atoms with van der Waals surface area (Å²) in [4.78, 5) is 33.3. The second-order valence-electron chi connectivity index (χ2n) is 10.9. The number of esters is 2. The van der Waals surface area contributed by atoms with Gasteiger partial charge in [0.1, 0.15) is 19.8 Å². The highest BCUT2D eigenvalue weighted by Crippen LogP contribution is 2.43. The Morgan fingerprint density at radius 1 is 0.886 bits per heavy atom. The van der Waals surface area contributed by atoms with Gasteiger partial charge in [-0.25, -0.2) is 4.57 Å². The van der Waals surface area contributed by atoms with Gasteiger partial charge in [-0.15, -0.1) is 0 Å². The van der Waals surface area contributed by atoms with E-state index in [-0.39, 0.29) is 19.6 Å². The van der Waals surface area contributed by atoms with Crippen LogP contribution in [0.1, 0.15) is 52.4 Å². The number of allylic oxidation sites excluding steroid dienone is 8. The fourth-order valence-corrected chi connectivity index (χ4v) is 3.90. The Balaban J connectivity index is 4.28. The van der Waals surface area contributed by atoms with Crippen LogP contribution in [-0.4, -0.2) is 97.3 Å². The predicted octanol–water partition coefficient (Wildman–Crippen LogP) is 4.72. The summed E-state index contributed by atoms with van der Waals surface area (Å²) in [6, 6.07) is 0. The van der Waals surface area contributed by atoms with Crippen LogP contribution in [0.4, 0.5) is 0 Å². The van der Waals surface area contributed by atoms with Crippen LogP contribution in [0.15, 0.2) is 72.9 Å². The molecule has 0 rings (SSSR count). The van der Waals surface area contributed by atoms with Gasteiger partial charge in [0.15, 0.2) is 6.10 Å². The van der Waals surface area contributed by atoms with E-state index in [1.165, 1.54) is 0 Å². The molecule has 0 aliphatic rings. The number of carbonyl (C=O) groups is 2. The number of phosphoric acid groups is 1. The van der Waals surface area contributed by atoms with Crippen molar-refractivity contribution in [2.45, 2.75) is 70.7 Å². The molecular formula is C32H53NO10P+. The Kier molecular flexibility index (Phi) is 23.2. The average Bonchev–Trinajstić information content (AvgIpc) is 2.92. The van der Waals surface area contributed by atoms with E-state index in [2.05, 4.69) is 6.92 Å². The molecule has 11 nitrogen and oxygen atoms in total. The Labute approximate surface area is 263 Å². The van der Waals surface area contributed by atoms with E-state index in [0.717, 1.165) is 13.3 Å². The van der Waals surface area contributed by atoms with Crippen LogP contribution in [0.25, 0.3) is 0 Å². The molecule has 0 aromatic heterocycles. The summed E-state index contributed by atoms with van der Waals surface area (Å²) in [7, 11) is 1.33. The molecule has 0 heterocycles. The number of aliphatic hydroxyl groups is 2. The molecular weight excluding hydrogens is 589 g/mol. The number of likely N-dealkylation sites (N-methyl/N-ethyl adjacent to an activating group) is 1. The summed E-state index contributed by atoms with van der Waals surface area (Å²) in [5.74, 6) is -1.19. The van der Waals surface area contributed by atoms with Crippen molar-refractivity contribution in [2.24, 2.45) is 0 Å². The van der Waals surface area contributed by atoms with Gasteiger partial charge in [-0.1, -0.05) is 79.8 Å². The topological polar surface area (TPSA) is 149 Å². The highest BCUT2D eigenvalue weighted by molar-refractivity contribution is 7.47. The number of hydrogen-bond acceptors (Lipinski definition) is 9. The van der Waals surface area contributed by atoms with Gasteiger partial charge in [0.25, 0.3) is 0 Å². The molecule has 250 valence electrons. The Morgan fingerprint density at radius 3 is 2.20 bits per heavy atom. The number of ether oxygens (including phenoxy) is 2. The number of hydrogen-bond donors (Lipinski definition) is 3. The average molecular weight is 643 g/mol. The number of phosphoric ester groups is 1. The first-order valence-corrected chi connectivity index (χ1v) is 16.3.